The minimum Gasteiger partial charge on any atom is -0.360 e. The van der Waals surface area contributed by atoms with Gasteiger partial charge >= 0.3 is 0 Å². The van der Waals surface area contributed by atoms with Crippen LogP contribution in [0.25, 0.3) is 0 Å². The van der Waals surface area contributed by atoms with Crippen molar-refractivity contribution in [2.24, 2.45) is 5.92 Å². The van der Waals surface area contributed by atoms with Crippen molar-refractivity contribution in [2.45, 2.75) is 38.5 Å². The van der Waals surface area contributed by atoms with Gasteiger partial charge in [0.05, 0.1) is 5.92 Å². The van der Waals surface area contributed by atoms with Crippen molar-refractivity contribution in [3.8, 4) is 0 Å². The number of piperidine rings is 1. The highest BCUT2D eigenvalue weighted by atomic mass is 32.2. The second-order valence-electron chi connectivity index (χ2n) is 6.44. The van der Waals surface area contributed by atoms with E-state index in [-0.39, 0.29) is 28.9 Å². The maximum Gasteiger partial charge on any atom is 0.248 e. The molecule has 1 unspecified atom stereocenters. The molecule has 1 aliphatic rings. The van der Waals surface area contributed by atoms with Gasteiger partial charge in [0.1, 0.15) is 16.3 Å². The van der Waals surface area contributed by atoms with Crippen molar-refractivity contribution in [1.82, 2.24) is 14.4 Å². The molecule has 1 N–H and O–H groups in total. The number of sulfonamides is 1. The number of hydrogen-bond donors (Lipinski definition) is 1. The molecule has 9 nitrogen and oxygen atoms in total. The zero-order valence-electron chi connectivity index (χ0n) is 15.2. The molecule has 1 amide bonds. The molecule has 0 bridgehead atoms. The maximum absolute atomic E-state index is 12.9. The Kier molecular flexibility index (Phi) is 5.45. The summed E-state index contributed by atoms with van der Waals surface area (Å²) in [6.45, 7) is 4.94. The molecule has 1 saturated heterocycles. The predicted molar refractivity (Wildman–Crippen MR) is 98.2 cm³/mol. The van der Waals surface area contributed by atoms with E-state index < -0.39 is 15.9 Å². The molecule has 2 aromatic heterocycles. The van der Waals surface area contributed by atoms with Gasteiger partial charge in [-0.25, -0.2) is 13.4 Å². The lowest BCUT2D eigenvalue weighted by molar-refractivity contribution is -0.120. The lowest BCUT2D eigenvalue weighted by Gasteiger charge is -2.30. The summed E-state index contributed by atoms with van der Waals surface area (Å²) in [7, 11) is -3.79. The second-order valence-corrected chi connectivity index (χ2v) is 9.17. The standard InChI is InChI=1S/C16H20N4O5S2/c1-9-14(11(3)25-19-9)27(23,24)20-6-4-5-12(7-20)15(22)18-16-17-13(8-26-16)10(2)21/h8,12H,4-7H2,1-3H3,(H,17,18,22). The number of hydrogen-bond acceptors (Lipinski definition) is 8. The minimum atomic E-state index is -3.79. The Balaban J connectivity index is 1.73. The number of anilines is 1. The number of ketones is 1. The molecule has 0 radical (unpaired) electrons. The zero-order chi connectivity index (χ0) is 19.8. The van der Waals surface area contributed by atoms with Crippen LogP contribution in [0.4, 0.5) is 5.13 Å². The van der Waals surface area contributed by atoms with Gasteiger partial charge < -0.3 is 9.84 Å². The Bertz CT molecular complexity index is 959. The largest absolute Gasteiger partial charge is 0.360 e. The molecule has 0 saturated carbocycles. The van der Waals surface area contributed by atoms with Crippen LogP contribution in [0, 0.1) is 19.8 Å². The fraction of sp³-hybridized carbons (Fsp3) is 0.500. The van der Waals surface area contributed by atoms with Gasteiger partial charge in [-0.1, -0.05) is 5.16 Å². The molecule has 3 rings (SSSR count). The maximum atomic E-state index is 12.9. The van der Waals surface area contributed by atoms with Crippen LogP contribution in [0.2, 0.25) is 0 Å². The molecule has 27 heavy (non-hydrogen) atoms. The number of Topliss-reactive ketones (excluding diaryl/α,β-unsaturated/α-hetero) is 1. The van der Waals surface area contributed by atoms with Gasteiger partial charge in [-0.15, -0.1) is 11.3 Å². The molecule has 2 aromatic rings. The molecule has 1 fully saturated rings. The van der Waals surface area contributed by atoms with Gasteiger partial charge in [-0.2, -0.15) is 4.31 Å². The van der Waals surface area contributed by atoms with Crippen LogP contribution in [0.3, 0.4) is 0 Å². The van der Waals surface area contributed by atoms with Crippen molar-refractivity contribution < 1.29 is 22.5 Å². The average Bonchev–Trinajstić information content (AvgIpc) is 3.22. The number of thiazole rings is 1. The number of aryl methyl sites for hydroxylation is 2. The first-order chi connectivity index (χ1) is 12.7. The highest BCUT2D eigenvalue weighted by molar-refractivity contribution is 7.89. The summed E-state index contributed by atoms with van der Waals surface area (Å²) in [6.07, 6.45) is 1.14. The molecule has 1 atom stereocenters. The van der Waals surface area contributed by atoms with Gasteiger partial charge in [0, 0.05) is 25.4 Å². The van der Waals surface area contributed by atoms with Crippen LogP contribution in [-0.2, 0) is 14.8 Å². The number of carbonyl (C=O) groups is 2. The normalized spacial score (nSPS) is 18.4. The third-order valence-corrected chi connectivity index (χ3v) is 7.28. The van der Waals surface area contributed by atoms with Crippen LogP contribution in [0.1, 0.15) is 41.7 Å². The summed E-state index contributed by atoms with van der Waals surface area (Å²) in [4.78, 5) is 28.0. The third kappa shape index (κ3) is 3.94. The van der Waals surface area contributed by atoms with Gasteiger partial charge in [0.25, 0.3) is 0 Å². The van der Waals surface area contributed by atoms with Crippen molar-refractivity contribution in [3.05, 3.63) is 22.5 Å². The first-order valence-corrected chi connectivity index (χ1v) is 10.7. The van der Waals surface area contributed by atoms with Crippen LogP contribution >= 0.6 is 11.3 Å². The van der Waals surface area contributed by atoms with Crippen LogP contribution < -0.4 is 5.32 Å². The van der Waals surface area contributed by atoms with E-state index in [9.17, 15) is 18.0 Å². The van der Waals surface area contributed by atoms with E-state index in [0.29, 0.717) is 35.9 Å². The topological polar surface area (TPSA) is 122 Å². The lowest BCUT2D eigenvalue weighted by atomic mass is 9.99. The third-order valence-electron chi connectivity index (χ3n) is 4.42. The monoisotopic (exact) mass is 412 g/mol. The van der Waals surface area contributed by atoms with E-state index in [0.717, 1.165) is 11.3 Å². The Hall–Kier alpha value is -2.11. The summed E-state index contributed by atoms with van der Waals surface area (Å²) in [5.74, 6) is -0.753. The van der Waals surface area contributed by atoms with Crippen LogP contribution in [0.5, 0.6) is 0 Å². The number of aromatic nitrogens is 2. The molecule has 11 heteroatoms. The summed E-state index contributed by atoms with van der Waals surface area (Å²) in [6, 6.07) is 0. The Morgan fingerprint density at radius 1 is 1.37 bits per heavy atom. The first-order valence-electron chi connectivity index (χ1n) is 8.40. The number of amides is 1. The quantitative estimate of drug-likeness (QED) is 0.745. The van der Waals surface area contributed by atoms with E-state index >= 15 is 0 Å². The molecule has 0 aliphatic carbocycles. The second kappa shape index (κ2) is 7.49. The molecule has 3 heterocycles. The summed E-state index contributed by atoms with van der Waals surface area (Å²) < 4.78 is 32.2. The smallest absolute Gasteiger partial charge is 0.248 e. The van der Waals surface area contributed by atoms with Crippen molar-refractivity contribution in [1.29, 1.82) is 0 Å². The van der Waals surface area contributed by atoms with Crippen LogP contribution in [0.15, 0.2) is 14.8 Å². The number of rotatable bonds is 5. The number of nitrogens with zero attached hydrogens (tertiary/aromatic N) is 3. The Labute approximate surface area is 160 Å². The Morgan fingerprint density at radius 2 is 2.11 bits per heavy atom. The van der Waals surface area contributed by atoms with E-state index in [1.165, 1.54) is 11.2 Å². The molecular formula is C16H20N4O5S2. The summed E-state index contributed by atoms with van der Waals surface area (Å²) >= 11 is 1.16. The van der Waals surface area contributed by atoms with Gasteiger partial charge in [-0.3, -0.25) is 9.59 Å². The lowest BCUT2D eigenvalue weighted by Crippen LogP contribution is -2.43. The van der Waals surface area contributed by atoms with E-state index in [2.05, 4.69) is 15.5 Å². The summed E-state index contributed by atoms with van der Waals surface area (Å²) in [5, 5.41) is 8.30. The van der Waals surface area contributed by atoms with E-state index in [4.69, 9.17) is 4.52 Å². The fourth-order valence-electron chi connectivity index (χ4n) is 3.05. The van der Waals surface area contributed by atoms with Crippen molar-refractivity contribution in [2.75, 3.05) is 18.4 Å². The van der Waals surface area contributed by atoms with Gasteiger partial charge in [0.15, 0.2) is 16.7 Å². The van der Waals surface area contributed by atoms with E-state index in [1.807, 2.05) is 0 Å². The SMILES string of the molecule is CC(=O)c1csc(NC(=O)C2CCCN(S(=O)(=O)c3c(C)noc3C)C2)n1. The van der Waals surface area contributed by atoms with Crippen molar-refractivity contribution in [3.63, 3.8) is 0 Å². The zero-order valence-corrected chi connectivity index (χ0v) is 16.8. The van der Waals surface area contributed by atoms with Crippen LogP contribution in [-0.4, -0.2) is 47.6 Å². The molecule has 0 aromatic carbocycles. The Morgan fingerprint density at radius 3 is 2.70 bits per heavy atom. The molecular weight excluding hydrogens is 392 g/mol. The highest BCUT2D eigenvalue weighted by Crippen LogP contribution is 2.28. The molecule has 146 valence electrons. The first kappa shape index (κ1) is 19.6. The molecule has 1 aliphatic heterocycles. The number of carbonyl (C=O) groups excluding carboxylic acids is 2. The predicted octanol–water partition coefficient (Wildman–Crippen LogP) is 1.99. The van der Waals surface area contributed by atoms with Gasteiger partial charge in [0.2, 0.25) is 15.9 Å². The minimum absolute atomic E-state index is 0.0644. The van der Waals surface area contributed by atoms with E-state index in [1.54, 1.807) is 19.2 Å². The highest BCUT2D eigenvalue weighted by Gasteiger charge is 2.36. The van der Waals surface area contributed by atoms with Crippen molar-refractivity contribution >= 4 is 38.2 Å². The number of nitrogens with one attached hydrogen (secondary N) is 1. The fourth-order valence-corrected chi connectivity index (χ4v) is 5.61. The van der Waals surface area contributed by atoms with Gasteiger partial charge in [-0.05, 0) is 26.7 Å². The molecule has 0 spiro atoms. The average molecular weight is 412 g/mol. The summed E-state index contributed by atoms with van der Waals surface area (Å²) in [5.41, 5.74) is 0.597.